The summed E-state index contributed by atoms with van der Waals surface area (Å²) in [5.41, 5.74) is 0.190. The van der Waals surface area contributed by atoms with Gasteiger partial charge in [-0.25, -0.2) is 13.5 Å². The number of β-amino-alcohol motifs (C(OH)–C–C–N with tert-alkyl or cyclic N) is 1. The van der Waals surface area contributed by atoms with E-state index in [1.807, 2.05) is 0 Å². The Balaban J connectivity index is 1.56. The van der Waals surface area contributed by atoms with Gasteiger partial charge >= 0.3 is 0 Å². The van der Waals surface area contributed by atoms with Crippen molar-refractivity contribution in [3.8, 4) is 11.3 Å². The van der Waals surface area contributed by atoms with Crippen LogP contribution in [0.25, 0.3) is 11.3 Å². The van der Waals surface area contributed by atoms with E-state index in [0.717, 1.165) is 16.8 Å². The molecule has 1 aromatic heterocycles. The van der Waals surface area contributed by atoms with Crippen LogP contribution >= 0.6 is 34.8 Å². The molecule has 2 saturated heterocycles. The summed E-state index contributed by atoms with van der Waals surface area (Å²) in [6, 6.07) is 4.08. The Morgan fingerprint density at radius 2 is 1.73 bits per heavy atom. The normalized spacial score (nSPS) is 26.7. The lowest BCUT2D eigenvalue weighted by atomic mass is 9.91. The SMILES string of the molecule is CO[C@@H]1[C@@H](n2cc(-c3cc(F)c(Cl)c(F)c3)nn2)[C@@H](O)[C@@H](CO)O[C@H]1C(=O)N(c1cc(Cl)cc(Cl)c1)[C@@H]1CN(C(C)=O)C[C@H]1O. The molecule has 2 amide bonds. The molecule has 242 valence electrons. The van der Waals surface area contributed by atoms with Crippen LogP contribution in [0, 0.1) is 11.6 Å². The van der Waals surface area contributed by atoms with E-state index in [0.29, 0.717) is 0 Å². The Bertz CT molecular complexity index is 1560. The molecule has 2 fully saturated rings. The molecule has 3 aromatic rings. The smallest absolute Gasteiger partial charge is 0.259 e. The molecule has 0 spiro atoms. The van der Waals surface area contributed by atoms with Gasteiger partial charge in [0, 0.05) is 48.4 Å². The van der Waals surface area contributed by atoms with Crippen molar-refractivity contribution in [2.75, 3.05) is 31.7 Å². The lowest BCUT2D eigenvalue weighted by Crippen LogP contribution is -2.63. The van der Waals surface area contributed by atoms with Crippen LogP contribution in [0.2, 0.25) is 15.1 Å². The summed E-state index contributed by atoms with van der Waals surface area (Å²) in [7, 11) is 1.26. The third kappa shape index (κ3) is 6.51. The maximum atomic E-state index is 14.5. The summed E-state index contributed by atoms with van der Waals surface area (Å²) < 4.78 is 41.1. The minimum Gasteiger partial charge on any atom is -0.394 e. The number of halogens is 5. The standard InChI is InChI=1S/C28H28Cl3F2N5O7/c1-12(40)36-9-20(21(41)10-36)38(16-6-14(29)5-15(30)7-16)28(43)27-26(44-2)24(25(42)22(11-39)45-27)37-8-19(34-35-37)13-3-17(32)23(31)18(33)4-13/h3-8,20-22,24-27,39,41-42H,9-11H2,1-2H3/t20-,21-,22-,24+,25+,26-,27-/m1/s1. The molecule has 3 N–H and O–H groups in total. The largest absolute Gasteiger partial charge is 0.394 e. The van der Waals surface area contributed by atoms with Crippen molar-refractivity contribution in [2.45, 2.75) is 49.5 Å². The van der Waals surface area contributed by atoms with Crippen molar-refractivity contribution >= 4 is 52.3 Å². The van der Waals surface area contributed by atoms with Gasteiger partial charge in [0.25, 0.3) is 5.91 Å². The number of benzene rings is 2. The van der Waals surface area contributed by atoms with Gasteiger partial charge in [0.15, 0.2) is 6.10 Å². The summed E-state index contributed by atoms with van der Waals surface area (Å²) in [4.78, 5) is 29.2. The lowest BCUT2D eigenvalue weighted by molar-refractivity contribution is -0.211. The highest BCUT2D eigenvalue weighted by Crippen LogP contribution is 2.37. The van der Waals surface area contributed by atoms with Crippen LogP contribution in [-0.4, -0.2) is 110 Å². The van der Waals surface area contributed by atoms with Crippen LogP contribution in [0.1, 0.15) is 13.0 Å². The lowest BCUT2D eigenvalue weighted by Gasteiger charge is -2.45. The zero-order valence-electron chi connectivity index (χ0n) is 23.7. The Morgan fingerprint density at radius 3 is 2.29 bits per heavy atom. The van der Waals surface area contributed by atoms with Gasteiger partial charge in [-0.2, -0.15) is 0 Å². The molecule has 0 bridgehead atoms. The third-order valence-electron chi connectivity index (χ3n) is 7.88. The van der Waals surface area contributed by atoms with E-state index in [1.54, 1.807) is 0 Å². The molecule has 2 aliphatic heterocycles. The van der Waals surface area contributed by atoms with E-state index < -0.39 is 71.8 Å². The topological polar surface area (TPSA) is 150 Å². The van der Waals surface area contributed by atoms with Crippen molar-refractivity contribution in [1.29, 1.82) is 0 Å². The van der Waals surface area contributed by atoms with Gasteiger partial charge in [-0.3, -0.25) is 9.59 Å². The summed E-state index contributed by atoms with van der Waals surface area (Å²) in [6.07, 6.45) is -5.55. The van der Waals surface area contributed by atoms with Crippen LogP contribution in [0.5, 0.6) is 0 Å². The fraction of sp³-hybridized carbons (Fsp3) is 0.429. The van der Waals surface area contributed by atoms with E-state index in [4.69, 9.17) is 44.3 Å². The number of methoxy groups -OCH3 is 1. The second-order valence-corrected chi connectivity index (χ2v) is 11.9. The first kappa shape index (κ1) is 33.4. The Morgan fingerprint density at radius 1 is 1.09 bits per heavy atom. The molecule has 0 aliphatic carbocycles. The Kier molecular flexibility index (Phi) is 9.96. The average Bonchev–Trinajstić information content (AvgIpc) is 3.62. The molecule has 0 radical (unpaired) electrons. The number of aromatic nitrogens is 3. The Labute approximate surface area is 270 Å². The van der Waals surface area contributed by atoms with Crippen molar-refractivity contribution in [1.82, 2.24) is 19.9 Å². The van der Waals surface area contributed by atoms with Crippen LogP contribution < -0.4 is 4.90 Å². The molecule has 5 rings (SSSR count). The van der Waals surface area contributed by atoms with Gasteiger partial charge in [-0.05, 0) is 30.3 Å². The third-order valence-corrected chi connectivity index (χ3v) is 8.67. The van der Waals surface area contributed by atoms with Crippen molar-refractivity contribution in [3.05, 3.63) is 63.2 Å². The van der Waals surface area contributed by atoms with Crippen LogP contribution in [-0.2, 0) is 19.1 Å². The van der Waals surface area contributed by atoms with Crippen molar-refractivity contribution in [3.63, 3.8) is 0 Å². The monoisotopic (exact) mass is 689 g/mol. The second-order valence-electron chi connectivity index (χ2n) is 10.7. The summed E-state index contributed by atoms with van der Waals surface area (Å²) in [5, 5.41) is 40.0. The zero-order valence-corrected chi connectivity index (χ0v) is 26.0. The van der Waals surface area contributed by atoms with E-state index in [1.165, 1.54) is 48.2 Å². The van der Waals surface area contributed by atoms with E-state index >= 15 is 0 Å². The maximum absolute atomic E-state index is 14.5. The van der Waals surface area contributed by atoms with Gasteiger partial charge in [-0.1, -0.05) is 40.0 Å². The number of hydrogen-bond acceptors (Lipinski definition) is 9. The van der Waals surface area contributed by atoms with Crippen LogP contribution in [0.15, 0.2) is 36.5 Å². The summed E-state index contributed by atoms with van der Waals surface area (Å²) >= 11 is 18.1. The number of rotatable bonds is 7. The highest BCUT2D eigenvalue weighted by molar-refractivity contribution is 6.35. The van der Waals surface area contributed by atoms with E-state index in [9.17, 15) is 33.7 Å². The molecular weight excluding hydrogens is 663 g/mol. The molecule has 17 heteroatoms. The highest BCUT2D eigenvalue weighted by Gasteiger charge is 2.52. The predicted molar refractivity (Wildman–Crippen MR) is 158 cm³/mol. The fourth-order valence-electron chi connectivity index (χ4n) is 5.70. The highest BCUT2D eigenvalue weighted by atomic mass is 35.5. The maximum Gasteiger partial charge on any atom is 0.259 e. The van der Waals surface area contributed by atoms with Gasteiger partial charge in [0.2, 0.25) is 5.91 Å². The summed E-state index contributed by atoms with van der Waals surface area (Å²) in [5.74, 6) is -3.13. The number of likely N-dealkylation sites (tertiary alicyclic amines) is 1. The van der Waals surface area contributed by atoms with E-state index in [-0.39, 0.29) is 46.0 Å². The summed E-state index contributed by atoms with van der Waals surface area (Å²) in [6.45, 7) is 0.526. The molecule has 12 nitrogen and oxygen atoms in total. The number of hydrogen-bond donors (Lipinski definition) is 3. The average molecular weight is 691 g/mol. The molecule has 0 unspecified atom stereocenters. The minimum atomic E-state index is -1.53. The van der Waals surface area contributed by atoms with Gasteiger partial charge in [0.05, 0.1) is 24.9 Å². The number of aliphatic hydroxyl groups is 3. The molecule has 2 aliphatic rings. The van der Waals surface area contributed by atoms with Crippen molar-refractivity contribution in [2.24, 2.45) is 0 Å². The molecule has 2 aromatic carbocycles. The van der Waals surface area contributed by atoms with E-state index in [2.05, 4.69) is 10.3 Å². The number of amides is 2. The van der Waals surface area contributed by atoms with Crippen molar-refractivity contribution < 1.29 is 43.2 Å². The predicted octanol–water partition coefficient (Wildman–Crippen LogP) is 2.49. The molecule has 0 saturated carbocycles. The van der Waals surface area contributed by atoms with Gasteiger partial charge < -0.3 is 34.6 Å². The first-order valence-corrected chi connectivity index (χ1v) is 14.7. The molecule has 45 heavy (non-hydrogen) atoms. The molecule has 3 heterocycles. The first-order chi connectivity index (χ1) is 21.3. The quantitative estimate of drug-likeness (QED) is 0.318. The van der Waals surface area contributed by atoms with Gasteiger partial charge in [-0.15, -0.1) is 5.10 Å². The van der Waals surface area contributed by atoms with Gasteiger partial charge in [0.1, 0.15) is 46.7 Å². The second kappa shape index (κ2) is 13.4. The first-order valence-electron chi connectivity index (χ1n) is 13.6. The number of ether oxygens (including phenoxy) is 2. The fourth-order valence-corrected chi connectivity index (χ4v) is 6.32. The van der Waals surface area contributed by atoms with Crippen LogP contribution in [0.3, 0.4) is 0 Å². The number of nitrogens with zero attached hydrogens (tertiary/aromatic N) is 5. The number of carbonyl (C=O) groups is 2. The minimum absolute atomic E-state index is 0.00300. The number of anilines is 1. The molecular formula is C28H28Cl3F2N5O7. The zero-order chi connectivity index (χ0) is 32.7. The number of aliphatic hydroxyl groups excluding tert-OH is 3. The molecule has 7 atom stereocenters. The Hall–Kier alpha value is -2.95. The number of carbonyl (C=O) groups excluding carboxylic acids is 2. The van der Waals surface area contributed by atoms with Crippen LogP contribution in [0.4, 0.5) is 14.5 Å².